The van der Waals surface area contributed by atoms with Crippen LogP contribution in [0.25, 0.3) is 0 Å². The van der Waals surface area contributed by atoms with Crippen molar-refractivity contribution in [2.75, 3.05) is 5.32 Å². The van der Waals surface area contributed by atoms with Crippen LogP contribution in [0.3, 0.4) is 0 Å². The van der Waals surface area contributed by atoms with E-state index in [0.29, 0.717) is 17.2 Å². The van der Waals surface area contributed by atoms with Gasteiger partial charge in [-0.1, -0.05) is 24.3 Å². The fraction of sp³-hybridized carbons (Fsp3) is 0. The molecule has 0 bridgehead atoms. The standard InChI is InChI=1S/C18H13FN2O3/c19-13-5-4-8-15(11-13)23-16-9-10-20-17(12-16)21-18(22)24-14-6-2-1-3-7-14/h1-12H,(H,20,21,22). The Morgan fingerprint density at radius 3 is 2.46 bits per heavy atom. The van der Waals surface area contributed by atoms with Crippen LogP contribution in [-0.4, -0.2) is 11.1 Å². The van der Waals surface area contributed by atoms with Crippen molar-refractivity contribution < 1.29 is 18.7 Å². The number of hydrogen-bond donors (Lipinski definition) is 1. The molecule has 120 valence electrons. The number of anilines is 1. The van der Waals surface area contributed by atoms with Gasteiger partial charge in [0, 0.05) is 18.3 Å². The van der Waals surface area contributed by atoms with E-state index in [1.165, 1.54) is 24.4 Å². The van der Waals surface area contributed by atoms with E-state index in [9.17, 15) is 9.18 Å². The van der Waals surface area contributed by atoms with E-state index in [0.717, 1.165) is 0 Å². The van der Waals surface area contributed by atoms with Gasteiger partial charge in [0.15, 0.2) is 0 Å². The largest absolute Gasteiger partial charge is 0.457 e. The Balaban J connectivity index is 1.65. The van der Waals surface area contributed by atoms with E-state index in [1.807, 2.05) is 6.07 Å². The Morgan fingerprint density at radius 2 is 1.67 bits per heavy atom. The monoisotopic (exact) mass is 324 g/mol. The van der Waals surface area contributed by atoms with Crippen molar-refractivity contribution in [3.05, 3.63) is 78.7 Å². The molecule has 1 aromatic heterocycles. The molecule has 24 heavy (non-hydrogen) atoms. The smallest absolute Gasteiger partial charge is 0.418 e. The maximum absolute atomic E-state index is 13.2. The summed E-state index contributed by atoms with van der Waals surface area (Å²) in [4.78, 5) is 15.8. The van der Waals surface area contributed by atoms with Crippen LogP contribution in [0, 0.1) is 5.82 Å². The van der Waals surface area contributed by atoms with Gasteiger partial charge >= 0.3 is 6.09 Å². The van der Waals surface area contributed by atoms with Crippen molar-refractivity contribution in [1.29, 1.82) is 0 Å². The molecule has 5 nitrogen and oxygen atoms in total. The molecule has 3 rings (SSSR count). The molecule has 0 atom stereocenters. The highest BCUT2D eigenvalue weighted by atomic mass is 19.1. The molecule has 6 heteroatoms. The molecular weight excluding hydrogens is 311 g/mol. The third kappa shape index (κ3) is 4.30. The fourth-order valence-corrected chi connectivity index (χ4v) is 1.94. The molecule has 1 amide bonds. The minimum atomic E-state index is -0.670. The number of pyridine rings is 1. The van der Waals surface area contributed by atoms with E-state index < -0.39 is 11.9 Å². The highest BCUT2D eigenvalue weighted by molar-refractivity contribution is 5.85. The highest BCUT2D eigenvalue weighted by Crippen LogP contribution is 2.23. The van der Waals surface area contributed by atoms with Gasteiger partial charge in [-0.05, 0) is 30.3 Å². The maximum Gasteiger partial charge on any atom is 0.418 e. The first-order valence-electron chi connectivity index (χ1n) is 7.12. The second-order valence-corrected chi connectivity index (χ2v) is 4.76. The molecule has 0 spiro atoms. The van der Waals surface area contributed by atoms with Gasteiger partial charge in [0.1, 0.15) is 28.9 Å². The van der Waals surface area contributed by atoms with Gasteiger partial charge in [0.2, 0.25) is 0 Å². The second-order valence-electron chi connectivity index (χ2n) is 4.76. The van der Waals surface area contributed by atoms with Gasteiger partial charge in [0.25, 0.3) is 0 Å². The Labute approximate surface area is 137 Å². The summed E-state index contributed by atoms with van der Waals surface area (Å²) in [7, 11) is 0. The molecule has 2 aromatic carbocycles. The lowest BCUT2D eigenvalue weighted by Gasteiger charge is -2.08. The summed E-state index contributed by atoms with van der Waals surface area (Å²) in [5.74, 6) is 1.03. The number of nitrogens with one attached hydrogen (secondary N) is 1. The zero-order valence-electron chi connectivity index (χ0n) is 12.5. The van der Waals surface area contributed by atoms with Crippen molar-refractivity contribution in [3.63, 3.8) is 0 Å². The number of halogens is 1. The first kappa shape index (κ1) is 15.5. The number of benzene rings is 2. The molecule has 0 aliphatic rings. The minimum Gasteiger partial charge on any atom is -0.457 e. The number of ether oxygens (including phenoxy) is 2. The van der Waals surface area contributed by atoms with Crippen molar-refractivity contribution in [1.82, 2.24) is 4.98 Å². The predicted octanol–water partition coefficient (Wildman–Crippen LogP) is 4.62. The molecule has 0 saturated heterocycles. The van der Waals surface area contributed by atoms with Gasteiger partial charge in [-0.3, -0.25) is 5.32 Å². The van der Waals surface area contributed by atoms with Gasteiger partial charge < -0.3 is 9.47 Å². The SMILES string of the molecule is O=C(Nc1cc(Oc2cccc(F)c2)ccn1)Oc1ccccc1. The zero-order valence-corrected chi connectivity index (χ0v) is 12.5. The summed E-state index contributed by atoms with van der Waals surface area (Å²) in [5, 5.41) is 2.50. The van der Waals surface area contributed by atoms with E-state index >= 15 is 0 Å². The number of rotatable bonds is 4. The average Bonchev–Trinajstić information content (AvgIpc) is 2.56. The first-order chi connectivity index (χ1) is 11.7. The van der Waals surface area contributed by atoms with Crippen LogP contribution in [-0.2, 0) is 0 Å². The van der Waals surface area contributed by atoms with Crippen molar-refractivity contribution in [2.24, 2.45) is 0 Å². The van der Waals surface area contributed by atoms with Crippen molar-refractivity contribution in [2.45, 2.75) is 0 Å². The lowest BCUT2D eigenvalue weighted by Crippen LogP contribution is -2.17. The fourth-order valence-electron chi connectivity index (χ4n) is 1.94. The van der Waals surface area contributed by atoms with Gasteiger partial charge in [-0.2, -0.15) is 0 Å². The van der Waals surface area contributed by atoms with Gasteiger partial charge in [-0.15, -0.1) is 0 Å². The van der Waals surface area contributed by atoms with Crippen LogP contribution in [0.5, 0.6) is 17.2 Å². The molecular formula is C18H13FN2O3. The van der Waals surface area contributed by atoms with Crippen molar-refractivity contribution >= 4 is 11.9 Å². The average molecular weight is 324 g/mol. The minimum absolute atomic E-state index is 0.254. The third-order valence-electron chi connectivity index (χ3n) is 2.95. The number of hydrogen-bond acceptors (Lipinski definition) is 4. The van der Waals surface area contributed by atoms with Crippen LogP contribution in [0.2, 0.25) is 0 Å². The Kier molecular flexibility index (Phi) is 4.67. The van der Waals surface area contributed by atoms with Crippen LogP contribution in [0.4, 0.5) is 15.0 Å². The Morgan fingerprint density at radius 1 is 0.917 bits per heavy atom. The maximum atomic E-state index is 13.2. The summed E-state index contributed by atoms with van der Waals surface area (Å²) >= 11 is 0. The van der Waals surface area contributed by atoms with Crippen LogP contribution in [0.1, 0.15) is 0 Å². The number of amides is 1. The number of para-hydroxylation sites is 1. The van der Waals surface area contributed by atoms with Gasteiger partial charge in [-0.25, -0.2) is 14.2 Å². The zero-order chi connectivity index (χ0) is 16.8. The van der Waals surface area contributed by atoms with E-state index in [-0.39, 0.29) is 5.82 Å². The third-order valence-corrected chi connectivity index (χ3v) is 2.95. The number of aromatic nitrogens is 1. The summed E-state index contributed by atoms with van der Waals surface area (Å²) in [6.07, 6.45) is 0.795. The second kappa shape index (κ2) is 7.23. The number of nitrogens with zero attached hydrogens (tertiary/aromatic N) is 1. The summed E-state index contributed by atoms with van der Waals surface area (Å²) in [6, 6.07) is 17.5. The van der Waals surface area contributed by atoms with Crippen LogP contribution >= 0.6 is 0 Å². The Hall–Kier alpha value is -3.41. The summed E-state index contributed by atoms with van der Waals surface area (Å²) < 4.78 is 23.8. The van der Waals surface area contributed by atoms with E-state index in [2.05, 4.69) is 10.3 Å². The van der Waals surface area contributed by atoms with Crippen LogP contribution < -0.4 is 14.8 Å². The Bertz CT molecular complexity index is 840. The topological polar surface area (TPSA) is 60.5 Å². The number of carbonyl (C=O) groups excluding carboxylic acids is 1. The normalized spacial score (nSPS) is 10.0. The molecule has 0 aliphatic carbocycles. The lowest BCUT2D eigenvalue weighted by atomic mass is 10.3. The quantitative estimate of drug-likeness (QED) is 0.760. The first-order valence-corrected chi connectivity index (χ1v) is 7.12. The summed E-state index contributed by atoms with van der Waals surface area (Å²) in [5.41, 5.74) is 0. The predicted molar refractivity (Wildman–Crippen MR) is 86.8 cm³/mol. The molecule has 1 N–H and O–H groups in total. The molecule has 3 aromatic rings. The molecule has 0 fully saturated rings. The van der Waals surface area contributed by atoms with Crippen molar-refractivity contribution in [3.8, 4) is 17.2 Å². The van der Waals surface area contributed by atoms with Crippen LogP contribution in [0.15, 0.2) is 72.9 Å². The van der Waals surface area contributed by atoms with Gasteiger partial charge in [0.05, 0.1) is 0 Å². The molecule has 0 unspecified atom stereocenters. The van der Waals surface area contributed by atoms with E-state index in [1.54, 1.807) is 42.5 Å². The summed E-state index contributed by atoms with van der Waals surface area (Å²) in [6.45, 7) is 0. The molecule has 1 heterocycles. The highest BCUT2D eigenvalue weighted by Gasteiger charge is 2.07. The lowest BCUT2D eigenvalue weighted by molar-refractivity contribution is 0.215. The number of carbonyl (C=O) groups is 1. The molecule has 0 saturated carbocycles. The van der Waals surface area contributed by atoms with E-state index in [4.69, 9.17) is 9.47 Å². The molecule has 0 aliphatic heterocycles. The molecule has 0 radical (unpaired) electrons.